The number of nitrogens with zero attached hydrogens (tertiary/aromatic N) is 1. The van der Waals surface area contributed by atoms with Gasteiger partial charge >= 0.3 is 0 Å². The molecule has 1 atom stereocenters. The molecule has 1 rings (SSSR count). The molecule has 102 valence electrons. The van der Waals surface area contributed by atoms with Gasteiger partial charge in [0.15, 0.2) is 0 Å². The average molecular weight is 242 g/mol. The van der Waals surface area contributed by atoms with Crippen LogP contribution in [0.1, 0.15) is 46.5 Å². The van der Waals surface area contributed by atoms with E-state index in [1.54, 1.807) is 0 Å². The predicted molar refractivity (Wildman–Crippen MR) is 73.5 cm³/mol. The molecule has 0 aromatic heterocycles. The first kappa shape index (κ1) is 14.9. The molecule has 1 aliphatic rings. The molecule has 1 aliphatic heterocycles. The van der Waals surface area contributed by atoms with Crippen molar-refractivity contribution in [3.8, 4) is 0 Å². The zero-order valence-electron chi connectivity index (χ0n) is 11.9. The third kappa shape index (κ3) is 7.02. The number of rotatable bonds is 8. The van der Waals surface area contributed by atoms with Crippen molar-refractivity contribution in [2.75, 3.05) is 32.8 Å². The van der Waals surface area contributed by atoms with Crippen molar-refractivity contribution in [1.82, 2.24) is 10.2 Å². The molecule has 1 saturated heterocycles. The van der Waals surface area contributed by atoms with Gasteiger partial charge in [-0.15, -0.1) is 0 Å². The minimum Gasteiger partial charge on any atom is -0.380 e. The van der Waals surface area contributed by atoms with Gasteiger partial charge in [0.05, 0.1) is 6.61 Å². The summed E-state index contributed by atoms with van der Waals surface area (Å²) in [5, 5.41) is 3.64. The highest BCUT2D eigenvalue weighted by Gasteiger charge is 2.19. The second-order valence-corrected chi connectivity index (χ2v) is 5.43. The second kappa shape index (κ2) is 8.90. The third-order valence-corrected chi connectivity index (χ3v) is 3.27. The van der Waals surface area contributed by atoms with Crippen LogP contribution in [-0.2, 0) is 4.74 Å². The van der Waals surface area contributed by atoms with Crippen LogP contribution in [0.25, 0.3) is 0 Å². The monoisotopic (exact) mass is 242 g/mol. The van der Waals surface area contributed by atoms with E-state index in [2.05, 4.69) is 31.0 Å². The van der Waals surface area contributed by atoms with Gasteiger partial charge in [0.2, 0.25) is 0 Å². The Morgan fingerprint density at radius 3 is 2.88 bits per heavy atom. The average Bonchev–Trinajstić information content (AvgIpc) is 2.28. The van der Waals surface area contributed by atoms with Crippen LogP contribution in [0.5, 0.6) is 0 Å². The number of piperidine rings is 1. The molecule has 0 amide bonds. The molecule has 0 spiro atoms. The van der Waals surface area contributed by atoms with Gasteiger partial charge in [0.1, 0.15) is 0 Å². The van der Waals surface area contributed by atoms with Crippen molar-refractivity contribution in [2.45, 2.75) is 58.5 Å². The zero-order valence-corrected chi connectivity index (χ0v) is 11.9. The van der Waals surface area contributed by atoms with Crippen molar-refractivity contribution >= 4 is 0 Å². The molecule has 3 nitrogen and oxygen atoms in total. The number of hydrogen-bond acceptors (Lipinski definition) is 3. The maximum Gasteiger partial charge on any atom is 0.0593 e. The molecule has 0 saturated carbocycles. The number of ether oxygens (including phenoxy) is 1. The quantitative estimate of drug-likeness (QED) is 0.661. The Balaban J connectivity index is 2.08. The third-order valence-electron chi connectivity index (χ3n) is 3.27. The highest BCUT2D eigenvalue weighted by atomic mass is 16.5. The van der Waals surface area contributed by atoms with Crippen LogP contribution in [0.3, 0.4) is 0 Å². The van der Waals surface area contributed by atoms with Gasteiger partial charge in [0.25, 0.3) is 0 Å². The van der Waals surface area contributed by atoms with Crippen LogP contribution >= 0.6 is 0 Å². The lowest BCUT2D eigenvalue weighted by molar-refractivity contribution is 0.0873. The molecule has 0 radical (unpaired) electrons. The van der Waals surface area contributed by atoms with Crippen molar-refractivity contribution in [3.05, 3.63) is 0 Å². The largest absolute Gasteiger partial charge is 0.380 e. The summed E-state index contributed by atoms with van der Waals surface area (Å²) in [6.07, 6.45) is 5.06. The topological polar surface area (TPSA) is 24.5 Å². The molecular weight excluding hydrogens is 212 g/mol. The standard InChI is InChI=1S/C14H30N2O/c1-4-5-10-17-11-9-16-8-6-7-14(12-16)15-13(2)3/h13-15H,4-12H2,1-3H3. The Morgan fingerprint density at radius 1 is 1.35 bits per heavy atom. The Kier molecular flexibility index (Phi) is 7.82. The van der Waals surface area contributed by atoms with E-state index in [1.807, 2.05) is 0 Å². The lowest BCUT2D eigenvalue weighted by Gasteiger charge is -2.34. The minimum absolute atomic E-state index is 0.598. The maximum atomic E-state index is 5.63. The molecule has 1 unspecified atom stereocenters. The second-order valence-electron chi connectivity index (χ2n) is 5.43. The van der Waals surface area contributed by atoms with E-state index in [0.29, 0.717) is 12.1 Å². The molecular formula is C14H30N2O. The van der Waals surface area contributed by atoms with Crippen LogP contribution in [0.15, 0.2) is 0 Å². The van der Waals surface area contributed by atoms with E-state index in [0.717, 1.165) is 19.8 Å². The lowest BCUT2D eigenvalue weighted by atomic mass is 10.1. The van der Waals surface area contributed by atoms with Crippen LogP contribution in [0, 0.1) is 0 Å². The lowest BCUT2D eigenvalue weighted by Crippen LogP contribution is -2.48. The summed E-state index contributed by atoms with van der Waals surface area (Å²) in [6, 6.07) is 1.28. The fraction of sp³-hybridized carbons (Fsp3) is 1.00. The zero-order chi connectivity index (χ0) is 12.5. The molecule has 1 fully saturated rings. The minimum atomic E-state index is 0.598. The number of likely N-dealkylation sites (tertiary alicyclic amines) is 1. The maximum absolute atomic E-state index is 5.63. The van der Waals surface area contributed by atoms with E-state index in [9.17, 15) is 0 Å². The van der Waals surface area contributed by atoms with Crippen molar-refractivity contribution in [2.24, 2.45) is 0 Å². The predicted octanol–water partition coefficient (Wildman–Crippen LogP) is 2.27. The van der Waals surface area contributed by atoms with Crippen LogP contribution in [-0.4, -0.2) is 49.8 Å². The molecule has 17 heavy (non-hydrogen) atoms. The van der Waals surface area contributed by atoms with Crippen molar-refractivity contribution in [3.63, 3.8) is 0 Å². The van der Waals surface area contributed by atoms with Crippen molar-refractivity contribution in [1.29, 1.82) is 0 Å². The molecule has 3 heteroatoms. The molecule has 0 bridgehead atoms. The van der Waals surface area contributed by atoms with E-state index in [-0.39, 0.29) is 0 Å². The van der Waals surface area contributed by atoms with Gasteiger partial charge in [-0.05, 0) is 25.8 Å². The SMILES string of the molecule is CCCCOCCN1CCCC(NC(C)C)C1. The van der Waals surface area contributed by atoms with Gasteiger partial charge in [0, 0.05) is 31.8 Å². The highest BCUT2D eigenvalue weighted by Crippen LogP contribution is 2.10. The number of hydrogen-bond donors (Lipinski definition) is 1. The Hall–Kier alpha value is -0.120. The van der Waals surface area contributed by atoms with Crippen LogP contribution in [0.4, 0.5) is 0 Å². The molecule has 0 aromatic rings. The summed E-state index contributed by atoms with van der Waals surface area (Å²) < 4.78 is 5.63. The van der Waals surface area contributed by atoms with E-state index in [1.165, 1.54) is 38.8 Å². The molecule has 1 N–H and O–H groups in total. The van der Waals surface area contributed by atoms with Gasteiger partial charge in [-0.1, -0.05) is 27.2 Å². The Bertz CT molecular complexity index is 185. The Morgan fingerprint density at radius 2 is 2.18 bits per heavy atom. The van der Waals surface area contributed by atoms with Crippen LogP contribution in [0.2, 0.25) is 0 Å². The van der Waals surface area contributed by atoms with Crippen LogP contribution < -0.4 is 5.32 Å². The number of nitrogens with one attached hydrogen (secondary N) is 1. The van der Waals surface area contributed by atoms with Crippen molar-refractivity contribution < 1.29 is 4.74 Å². The number of unbranched alkanes of at least 4 members (excludes halogenated alkanes) is 1. The highest BCUT2D eigenvalue weighted by molar-refractivity contribution is 4.79. The summed E-state index contributed by atoms with van der Waals surface area (Å²) in [7, 11) is 0. The fourth-order valence-electron chi connectivity index (χ4n) is 2.41. The fourth-order valence-corrected chi connectivity index (χ4v) is 2.41. The first-order valence-corrected chi connectivity index (χ1v) is 7.28. The first-order chi connectivity index (χ1) is 8.22. The summed E-state index contributed by atoms with van der Waals surface area (Å²) in [6.45, 7) is 12.0. The van der Waals surface area contributed by atoms with E-state index >= 15 is 0 Å². The summed E-state index contributed by atoms with van der Waals surface area (Å²) in [5.74, 6) is 0. The first-order valence-electron chi connectivity index (χ1n) is 7.28. The van der Waals surface area contributed by atoms with E-state index in [4.69, 9.17) is 4.74 Å². The summed E-state index contributed by atoms with van der Waals surface area (Å²) in [5.41, 5.74) is 0. The smallest absolute Gasteiger partial charge is 0.0593 e. The molecule has 0 aliphatic carbocycles. The molecule has 0 aromatic carbocycles. The summed E-state index contributed by atoms with van der Waals surface area (Å²) in [4.78, 5) is 2.54. The summed E-state index contributed by atoms with van der Waals surface area (Å²) >= 11 is 0. The normalized spacial score (nSPS) is 22.2. The van der Waals surface area contributed by atoms with E-state index < -0.39 is 0 Å². The molecule has 1 heterocycles. The van der Waals surface area contributed by atoms with Gasteiger partial charge in [-0.3, -0.25) is 4.90 Å². The van der Waals surface area contributed by atoms with Gasteiger partial charge < -0.3 is 10.1 Å². The Labute approximate surface area is 107 Å². The van der Waals surface area contributed by atoms with Gasteiger partial charge in [-0.2, -0.15) is 0 Å². The van der Waals surface area contributed by atoms with Gasteiger partial charge in [-0.25, -0.2) is 0 Å².